The molecule has 0 radical (unpaired) electrons. The van der Waals surface area contributed by atoms with Crippen LogP contribution in [0.2, 0.25) is 0 Å². The maximum absolute atomic E-state index is 13.2. The number of nitrogens with one attached hydrogen (secondary N) is 2. The summed E-state index contributed by atoms with van der Waals surface area (Å²) in [5.41, 5.74) is -2.19. The van der Waals surface area contributed by atoms with E-state index in [4.69, 9.17) is 0 Å². The van der Waals surface area contributed by atoms with Crippen molar-refractivity contribution in [3.63, 3.8) is 0 Å². The van der Waals surface area contributed by atoms with Crippen LogP contribution in [0.3, 0.4) is 0 Å². The van der Waals surface area contributed by atoms with Gasteiger partial charge in [-0.15, -0.1) is 0 Å². The fraction of sp³-hybridized carbons (Fsp3) is 0.923. The van der Waals surface area contributed by atoms with Gasteiger partial charge in [0.15, 0.2) is 5.41 Å². The van der Waals surface area contributed by atoms with Gasteiger partial charge in [0, 0.05) is 13.1 Å². The summed E-state index contributed by atoms with van der Waals surface area (Å²) in [6.07, 6.45) is -0.636. The van der Waals surface area contributed by atoms with Gasteiger partial charge in [-0.3, -0.25) is 4.79 Å². The SMILES string of the molecule is CCC1(CNC(=O)C2(C(F)(F)F)CCNC2)CCC1. The van der Waals surface area contributed by atoms with Gasteiger partial charge >= 0.3 is 6.18 Å². The third-order valence-corrected chi connectivity index (χ3v) is 4.92. The van der Waals surface area contributed by atoms with E-state index in [-0.39, 0.29) is 24.9 Å². The van der Waals surface area contributed by atoms with Crippen LogP contribution in [-0.2, 0) is 4.79 Å². The second-order valence-corrected chi connectivity index (χ2v) is 5.90. The minimum atomic E-state index is -4.49. The molecule has 6 heteroatoms. The van der Waals surface area contributed by atoms with E-state index in [1.54, 1.807) is 0 Å². The van der Waals surface area contributed by atoms with Gasteiger partial charge in [-0.2, -0.15) is 13.2 Å². The predicted octanol–water partition coefficient (Wildman–Crippen LogP) is 2.22. The quantitative estimate of drug-likeness (QED) is 0.828. The normalized spacial score (nSPS) is 29.9. The van der Waals surface area contributed by atoms with Crippen LogP contribution in [-0.4, -0.2) is 31.7 Å². The average molecular weight is 278 g/mol. The van der Waals surface area contributed by atoms with E-state index in [1.165, 1.54) is 0 Å². The van der Waals surface area contributed by atoms with Crippen molar-refractivity contribution >= 4 is 5.91 Å². The van der Waals surface area contributed by atoms with Crippen LogP contribution < -0.4 is 10.6 Å². The first-order valence-electron chi connectivity index (χ1n) is 6.91. The highest BCUT2D eigenvalue weighted by Gasteiger charge is 2.61. The number of carbonyl (C=O) groups is 1. The molecular formula is C13H21F3N2O. The molecule has 2 aliphatic rings. The van der Waals surface area contributed by atoms with Gasteiger partial charge in [0.1, 0.15) is 0 Å². The standard InChI is InChI=1S/C13H21F3N2O/c1-2-11(4-3-5-11)8-18-10(19)12(13(14,15)16)6-7-17-9-12/h17H,2-9H2,1H3,(H,18,19). The van der Waals surface area contributed by atoms with Crippen LogP contribution in [0, 0.1) is 10.8 Å². The molecular weight excluding hydrogens is 257 g/mol. The lowest BCUT2D eigenvalue weighted by Gasteiger charge is -2.42. The largest absolute Gasteiger partial charge is 0.404 e. The molecule has 0 spiro atoms. The first-order chi connectivity index (χ1) is 8.85. The number of alkyl halides is 3. The van der Waals surface area contributed by atoms with Gasteiger partial charge in [0.05, 0.1) is 0 Å². The van der Waals surface area contributed by atoms with E-state index >= 15 is 0 Å². The molecule has 1 aliphatic carbocycles. The molecule has 1 amide bonds. The molecule has 3 nitrogen and oxygen atoms in total. The zero-order valence-electron chi connectivity index (χ0n) is 11.2. The Bertz CT molecular complexity index is 339. The Labute approximate surface area is 111 Å². The van der Waals surface area contributed by atoms with E-state index in [1.807, 2.05) is 6.92 Å². The minimum absolute atomic E-state index is 0.0362. The maximum atomic E-state index is 13.2. The van der Waals surface area contributed by atoms with Gasteiger partial charge in [0.2, 0.25) is 5.91 Å². The van der Waals surface area contributed by atoms with E-state index in [0.29, 0.717) is 6.54 Å². The fourth-order valence-electron chi connectivity index (χ4n) is 3.03. The summed E-state index contributed by atoms with van der Waals surface area (Å²) < 4.78 is 39.5. The van der Waals surface area contributed by atoms with Gasteiger partial charge in [0.25, 0.3) is 0 Å². The van der Waals surface area contributed by atoms with Crippen molar-refractivity contribution in [2.24, 2.45) is 10.8 Å². The number of carbonyl (C=O) groups excluding carboxylic acids is 1. The molecule has 2 N–H and O–H groups in total. The number of rotatable bonds is 4. The summed E-state index contributed by atoms with van der Waals surface area (Å²) in [6, 6.07) is 0. The monoisotopic (exact) mass is 278 g/mol. The lowest BCUT2D eigenvalue weighted by Crippen LogP contribution is -2.54. The number of hydrogen-bond acceptors (Lipinski definition) is 2. The van der Waals surface area contributed by atoms with Gasteiger partial charge in [-0.25, -0.2) is 0 Å². The Kier molecular flexibility index (Phi) is 3.82. The van der Waals surface area contributed by atoms with Gasteiger partial charge in [-0.05, 0) is 37.6 Å². The molecule has 2 fully saturated rings. The molecule has 1 saturated heterocycles. The molecule has 19 heavy (non-hydrogen) atoms. The summed E-state index contributed by atoms with van der Waals surface area (Å²) in [7, 11) is 0. The summed E-state index contributed by atoms with van der Waals surface area (Å²) in [5, 5.41) is 5.23. The topological polar surface area (TPSA) is 41.1 Å². The number of halogens is 3. The molecule has 0 bridgehead atoms. The predicted molar refractivity (Wildman–Crippen MR) is 65.6 cm³/mol. The number of amides is 1. The molecule has 1 saturated carbocycles. The highest BCUT2D eigenvalue weighted by molar-refractivity contribution is 5.84. The lowest BCUT2D eigenvalue weighted by atomic mass is 9.67. The Morgan fingerprint density at radius 1 is 1.32 bits per heavy atom. The highest BCUT2D eigenvalue weighted by Crippen LogP contribution is 2.45. The van der Waals surface area contributed by atoms with Crippen molar-refractivity contribution < 1.29 is 18.0 Å². The molecule has 0 aromatic rings. The van der Waals surface area contributed by atoms with E-state index in [9.17, 15) is 18.0 Å². The zero-order chi connectivity index (χ0) is 14.1. The lowest BCUT2D eigenvalue weighted by molar-refractivity contribution is -0.216. The molecule has 110 valence electrons. The first-order valence-corrected chi connectivity index (χ1v) is 6.91. The first kappa shape index (κ1) is 14.6. The van der Waals surface area contributed by atoms with Crippen molar-refractivity contribution in [3.8, 4) is 0 Å². The molecule has 1 heterocycles. The zero-order valence-corrected chi connectivity index (χ0v) is 11.2. The van der Waals surface area contributed by atoms with E-state index in [0.717, 1.165) is 25.7 Å². The van der Waals surface area contributed by atoms with Crippen molar-refractivity contribution in [3.05, 3.63) is 0 Å². The van der Waals surface area contributed by atoms with Crippen LogP contribution in [0.25, 0.3) is 0 Å². The molecule has 1 aliphatic heterocycles. The Morgan fingerprint density at radius 3 is 2.37 bits per heavy atom. The molecule has 1 atom stereocenters. The Balaban J connectivity index is 2.01. The van der Waals surface area contributed by atoms with Crippen LogP contribution in [0.15, 0.2) is 0 Å². The average Bonchev–Trinajstić information content (AvgIpc) is 2.77. The van der Waals surface area contributed by atoms with Crippen LogP contribution in [0.5, 0.6) is 0 Å². The van der Waals surface area contributed by atoms with E-state index in [2.05, 4.69) is 10.6 Å². The van der Waals surface area contributed by atoms with Crippen molar-refractivity contribution in [2.45, 2.75) is 45.2 Å². The van der Waals surface area contributed by atoms with Gasteiger partial charge in [-0.1, -0.05) is 13.3 Å². The van der Waals surface area contributed by atoms with Gasteiger partial charge < -0.3 is 10.6 Å². The van der Waals surface area contributed by atoms with Crippen molar-refractivity contribution in [1.82, 2.24) is 10.6 Å². The third-order valence-electron chi connectivity index (χ3n) is 4.92. The molecule has 0 aromatic heterocycles. The molecule has 0 aromatic carbocycles. The van der Waals surface area contributed by atoms with Crippen LogP contribution >= 0.6 is 0 Å². The molecule has 2 rings (SSSR count). The summed E-state index contributed by atoms with van der Waals surface area (Å²) >= 11 is 0. The Morgan fingerprint density at radius 2 is 2.00 bits per heavy atom. The fourth-order valence-corrected chi connectivity index (χ4v) is 3.03. The Hall–Kier alpha value is -0.780. The maximum Gasteiger partial charge on any atom is 0.404 e. The number of hydrogen-bond donors (Lipinski definition) is 2. The smallest absolute Gasteiger partial charge is 0.355 e. The minimum Gasteiger partial charge on any atom is -0.355 e. The van der Waals surface area contributed by atoms with E-state index < -0.39 is 17.5 Å². The third kappa shape index (κ3) is 2.47. The van der Waals surface area contributed by atoms with Crippen LogP contribution in [0.4, 0.5) is 13.2 Å². The van der Waals surface area contributed by atoms with Crippen molar-refractivity contribution in [1.29, 1.82) is 0 Å². The molecule has 1 unspecified atom stereocenters. The summed E-state index contributed by atoms with van der Waals surface area (Å²) in [6.45, 7) is 2.34. The highest BCUT2D eigenvalue weighted by atomic mass is 19.4. The summed E-state index contributed by atoms with van der Waals surface area (Å²) in [4.78, 5) is 12.0. The summed E-state index contributed by atoms with van der Waals surface area (Å²) in [5.74, 6) is -0.857. The second kappa shape index (κ2) is 4.96. The van der Waals surface area contributed by atoms with Crippen LogP contribution in [0.1, 0.15) is 39.0 Å². The van der Waals surface area contributed by atoms with Crippen molar-refractivity contribution in [2.75, 3.05) is 19.6 Å². The second-order valence-electron chi connectivity index (χ2n) is 5.90.